The monoisotopic (exact) mass is 273 g/mol. The number of hydrogen-bond donors (Lipinski definition) is 1. The molecule has 0 radical (unpaired) electrons. The first-order valence-electron chi connectivity index (χ1n) is 7.82. The minimum Gasteiger partial charge on any atom is -0.335 e. The zero-order valence-electron chi connectivity index (χ0n) is 11.9. The summed E-state index contributed by atoms with van der Waals surface area (Å²) in [5, 5.41) is 3.22. The van der Waals surface area contributed by atoms with Crippen LogP contribution in [0.15, 0.2) is 24.4 Å². The van der Waals surface area contributed by atoms with E-state index in [0.717, 1.165) is 37.9 Å². The van der Waals surface area contributed by atoms with E-state index in [0.29, 0.717) is 6.04 Å². The maximum absolute atomic E-state index is 12.5. The lowest BCUT2D eigenvalue weighted by atomic mass is 9.96. The van der Waals surface area contributed by atoms with Gasteiger partial charge in [-0.05, 0) is 37.8 Å². The van der Waals surface area contributed by atoms with Crippen molar-refractivity contribution < 1.29 is 4.79 Å². The van der Waals surface area contributed by atoms with Gasteiger partial charge in [-0.2, -0.15) is 0 Å². The van der Waals surface area contributed by atoms with Gasteiger partial charge < -0.3 is 10.2 Å². The summed E-state index contributed by atoms with van der Waals surface area (Å²) in [6.45, 7) is 0.847. The van der Waals surface area contributed by atoms with Crippen molar-refractivity contribution in [3.63, 3.8) is 0 Å². The zero-order chi connectivity index (χ0) is 13.8. The number of nitrogens with one attached hydrogen (secondary N) is 1. The standard InChI is InChI=1S/C16H23N3O/c20-16(18-13-7-2-1-3-8-13)19-12-6-10-15(19)14-9-4-5-11-17-14/h4-5,9,11,13,15H,1-3,6-8,10,12H2,(H,18,20)/t15-/m1/s1. The second kappa shape index (κ2) is 6.25. The molecule has 1 saturated heterocycles. The molecule has 4 nitrogen and oxygen atoms in total. The average Bonchev–Trinajstić information content (AvgIpc) is 2.99. The van der Waals surface area contributed by atoms with Crippen LogP contribution in [0.5, 0.6) is 0 Å². The van der Waals surface area contributed by atoms with Crippen LogP contribution in [0, 0.1) is 0 Å². The van der Waals surface area contributed by atoms with Crippen LogP contribution in [-0.2, 0) is 0 Å². The van der Waals surface area contributed by atoms with Gasteiger partial charge in [-0.1, -0.05) is 25.3 Å². The summed E-state index contributed by atoms with van der Waals surface area (Å²) >= 11 is 0. The van der Waals surface area contributed by atoms with Crippen LogP contribution in [0.4, 0.5) is 4.79 Å². The molecule has 2 aliphatic rings. The Labute approximate surface area is 120 Å². The lowest BCUT2D eigenvalue weighted by Gasteiger charge is -2.29. The van der Waals surface area contributed by atoms with E-state index < -0.39 is 0 Å². The van der Waals surface area contributed by atoms with Crippen LogP contribution in [-0.4, -0.2) is 28.5 Å². The fourth-order valence-electron chi connectivity index (χ4n) is 3.39. The number of carbonyl (C=O) groups excluding carboxylic acids is 1. The molecule has 1 aliphatic heterocycles. The largest absolute Gasteiger partial charge is 0.335 e. The summed E-state index contributed by atoms with van der Waals surface area (Å²) in [6.07, 6.45) is 9.97. The Bertz CT molecular complexity index is 442. The highest BCUT2D eigenvalue weighted by Crippen LogP contribution is 2.30. The van der Waals surface area contributed by atoms with E-state index >= 15 is 0 Å². The van der Waals surface area contributed by atoms with Crippen LogP contribution >= 0.6 is 0 Å². The van der Waals surface area contributed by atoms with Gasteiger partial charge >= 0.3 is 6.03 Å². The minimum absolute atomic E-state index is 0.102. The lowest BCUT2D eigenvalue weighted by Crippen LogP contribution is -2.45. The van der Waals surface area contributed by atoms with Gasteiger partial charge in [0.15, 0.2) is 0 Å². The number of carbonyl (C=O) groups is 1. The summed E-state index contributed by atoms with van der Waals surface area (Å²) in [5.74, 6) is 0. The quantitative estimate of drug-likeness (QED) is 0.899. The molecule has 0 unspecified atom stereocenters. The normalized spacial score (nSPS) is 23.8. The molecular weight excluding hydrogens is 250 g/mol. The van der Waals surface area contributed by atoms with Crippen LogP contribution in [0.3, 0.4) is 0 Å². The van der Waals surface area contributed by atoms with E-state index in [4.69, 9.17) is 0 Å². The van der Waals surface area contributed by atoms with Crippen LogP contribution in [0.2, 0.25) is 0 Å². The molecule has 0 aromatic carbocycles. The van der Waals surface area contributed by atoms with Crippen molar-refractivity contribution in [1.29, 1.82) is 0 Å². The fraction of sp³-hybridized carbons (Fsp3) is 0.625. The van der Waals surface area contributed by atoms with Crippen molar-refractivity contribution in [2.24, 2.45) is 0 Å². The van der Waals surface area contributed by atoms with E-state index in [1.54, 1.807) is 0 Å². The summed E-state index contributed by atoms with van der Waals surface area (Å²) in [5.41, 5.74) is 1.02. The molecule has 1 aliphatic carbocycles. The Kier molecular flexibility index (Phi) is 4.19. The summed E-state index contributed by atoms with van der Waals surface area (Å²) in [7, 11) is 0. The molecule has 3 rings (SSSR count). The van der Waals surface area contributed by atoms with Crippen molar-refractivity contribution in [3.05, 3.63) is 30.1 Å². The van der Waals surface area contributed by atoms with Crippen molar-refractivity contribution in [1.82, 2.24) is 15.2 Å². The SMILES string of the molecule is O=C(NC1CCCCC1)N1CCC[C@@H]1c1ccccn1. The Morgan fingerprint density at radius 1 is 1.15 bits per heavy atom. The average molecular weight is 273 g/mol. The molecule has 4 heteroatoms. The van der Waals surface area contributed by atoms with Crippen LogP contribution in [0.25, 0.3) is 0 Å². The molecule has 1 aromatic rings. The lowest BCUT2D eigenvalue weighted by molar-refractivity contribution is 0.184. The van der Waals surface area contributed by atoms with Crippen molar-refractivity contribution >= 4 is 6.03 Å². The zero-order valence-corrected chi connectivity index (χ0v) is 11.9. The van der Waals surface area contributed by atoms with E-state index in [1.165, 1.54) is 19.3 Å². The van der Waals surface area contributed by atoms with Gasteiger partial charge in [0.1, 0.15) is 0 Å². The number of urea groups is 1. The Morgan fingerprint density at radius 2 is 2.00 bits per heavy atom. The van der Waals surface area contributed by atoms with Gasteiger partial charge in [0.25, 0.3) is 0 Å². The predicted molar refractivity (Wildman–Crippen MR) is 78.3 cm³/mol. The maximum Gasteiger partial charge on any atom is 0.318 e. The first-order chi connectivity index (χ1) is 9.84. The number of amides is 2. The third-order valence-corrected chi connectivity index (χ3v) is 4.48. The van der Waals surface area contributed by atoms with Gasteiger partial charge in [0, 0.05) is 18.8 Å². The first kappa shape index (κ1) is 13.4. The number of pyridine rings is 1. The second-order valence-corrected chi connectivity index (χ2v) is 5.89. The Hall–Kier alpha value is -1.58. The molecule has 0 spiro atoms. The van der Waals surface area contributed by atoms with E-state index in [2.05, 4.69) is 10.3 Å². The number of rotatable bonds is 2. The summed E-state index contributed by atoms with van der Waals surface area (Å²) in [4.78, 5) is 18.9. The molecule has 1 atom stereocenters. The van der Waals surface area contributed by atoms with Crippen LogP contribution < -0.4 is 5.32 Å². The predicted octanol–water partition coefficient (Wildman–Crippen LogP) is 3.26. The van der Waals surface area contributed by atoms with Gasteiger partial charge in [-0.25, -0.2) is 4.79 Å². The number of aromatic nitrogens is 1. The van der Waals surface area contributed by atoms with Crippen LogP contribution in [0.1, 0.15) is 56.7 Å². The smallest absolute Gasteiger partial charge is 0.318 e. The molecule has 1 saturated carbocycles. The van der Waals surface area contributed by atoms with E-state index in [-0.39, 0.29) is 12.1 Å². The van der Waals surface area contributed by atoms with E-state index in [9.17, 15) is 4.79 Å². The van der Waals surface area contributed by atoms with Gasteiger partial charge in [0.2, 0.25) is 0 Å². The molecular formula is C16H23N3O. The van der Waals surface area contributed by atoms with Gasteiger partial charge in [0.05, 0.1) is 11.7 Å². The van der Waals surface area contributed by atoms with Crippen molar-refractivity contribution in [3.8, 4) is 0 Å². The van der Waals surface area contributed by atoms with Crippen molar-refractivity contribution in [2.45, 2.75) is 57.0 Å². The Morgan fingerprint density at radius 3 is 2.75 bits per heavy atom. The first-order valence-corrected chi connectivity index (χ1v) is 7.82. The third-order valence-electron chi connectivity index (χ3n) is 4.48. The fourth-order valence-corrected chi connectivity index (χ4v) is 3.39. The highest BCUT2D eigenvalue weighted by molar-refractivity contribution is 5.75. The summed E-state index contributed by atoms with van der Waals surface area (Å²) in [6, 6.07) is 6.57. The molecule has 2 fully saturated rings. The van der Waals surface area contributed by atoms with Crippen molar-refractivity contribution in [2.75, 3.05) is 6.54 Å². The molecule has 2 amide bonds. The number of hydrogen-bond acceptors (Lipinski definition) is 2. The molecule has 108 valence electrons. The highest BCUT2D eigenvalue weighted by atomic mass is 16.2. The second-order valence-electron chi connectivity index (χ2n) is 5.89. The Balaban J connectivity index is 1.64. The topological polar surface area (TPSA) is 45.2 Å². The minimum atomic E-state index is 0.102. The number of nitrogens with zero attached hydrogens (tertiary/aromatic N) is 2. The molecule has 0 bridgehead atoms. The summed E-state index contributed by atoms with van der Waals surface area (Å²) < 4.78 is 0. The van der Waals surface area contributed by atoms with Gasteiger partial charge in [-0.3, -0.25) is 4.98 Å². The number of likely N-dealkylation sites (tertiary alicyclic amines) is 1. The third kappa shape index (κ3) is 2.94. The molecule has 20 heavy (non-hydrogen) atoms. The molecule has 1 N–H and O–H groups in total. The maximum atomic E-state index is 12.5. The van der Waals surface area contributed by atoms with Gasteiger partial charge in [-0.15, -0.1) is 0 Å². The molecule has 2 heterocycles. The highest BCUT2D eigenvalue weighted by Gasteiger charge is 2.31. The van der Waals surface area contributed by atoms with E-state index in [1.807, 2.05) is 29.3 Å². The molecule has 1 aromatic heterocycles.